The number of halogens is 3. The van der Waals surface area contributed by atoms with Gasteiger partial charge in [0.1, 0.15) is 0 Å². The van der Waals surface area contributed by atoms with Crippen molar-refractivity contribution < 1.29 is 9.59 Å². The lowest BCUT2D eigenvalue weighted by atomic mass is 9.68. The van der Waals surface area contributed by atoms with E-state index in [1.807, 2.05) is 23.1 Å². The van der Waals surface area contributed by atoms with Gasteiger partial charge in [0.25, 0.3) is 0 Å². The van der Waals surface area contributed by atoms with Gasteiger partial charge in [0, 0.05) is 55.0 Å². The molecule has 2 aliphatic heterocycles. The summed E-state index contributed by atoms with van der Waals surface area (Å²) in [4.78, 5) is 29.2. The van der Waals surface area contributed by atoms with Crippen LogP contribution >= 0.6 is 36.4 Å². The zero-order valence-electron chi connectivity index (χ0n) is 17.9. The van der Waals surface area contributed by atoms with E-state index >= 15 is 0 Å². The molecule has 5 nitrogen and oxygen atoms in total. The Morgan fingerprint density at radius 2 is 1.68 bits per heavy atom. The first-order chi connectivity index (χ1) is 14.0. The van der Waals surface area contributed by atoms with Crippen LogP contribution in [0.1, 0.15) is 63.4 Å². The predicted octanol–water partition coefficient (Wildman–Crippen LogP) is 4.33. The van der Waals surface area contributed by atoms with Crippen molar-refractivity contribution in [3.63, 3.8) is 0 Å². The fourth-order valence-electron chi connectivity index (χ4n) is 5.59. The number of likely N-dealkylation sites (tertiary alicyclic amines) is 2. The number of nitrogens with zero attached hydrogens (tertiary/aromatic N) is 2. The Morgan fingerprint density at radius 3 is 2.29 bits per heavy atom. The SMILES string of the molecule is Cl.Cl.NCC1(c2cccc(Cl)c2)CCC(N2CCC(N3CCCCC3=O)CC2=O)CC1. The van der Waals surface area contributed by atoms with Gasteiger partial charge < -0.3 is 15.5 Å². The molecule has 2 amide bonds. The maximum absolute atomic E-state index is 12.9. The molecule has 174 valence electrons. The molecule has 0 radical (unpaired) electrons. The second kappa shape index (κ2) is 11.2. The number of hydrogen-bond donors (Lipinski definition) is 1. The molecule has 1 aliphatic carbocycles. The van der Waals surface area contributed by atoms with E-state index in [1.54, 1.807) is 0 Å². The Bertz CT molecular complexity index is 768. The molecule has 3 aliphatic rings. The summed E-state index contributed by atoms with van der Waals surface area (Å²) in [7, 11) is 0. The van der Waals surface area contributed by atoms with Crippen LogP contribution in [0.25, 0.3) is 0 Å². The monoisotopic (exact) mass is 489 g/mol. The average molecular weight is 491 g/mol. The molecule has 1 unspecified atom stereocenters. The number of carbonyl (C=O) groups excluding carboxylic acids is 2. The molecule has 31 heavy (non-hydrogen) atoms. The van der Waals surface area contributed by atoms with Gasteiger partial charge in [0.05, 0.1) is 0 Å². The van der Waals surface area contributed by atoms with E-state index < -0.39 is 0 Å². The van der Waals surface area contributed by atoms with Crippen molar-refractivity contribution in [2.45, 2.75) is 75.3 Å². The van der Waals surface area contributed by atoms with Gasteiger partial charge in [-0.2, -0.15) is 0 Å². The quantitative estimate of drug-likeness (QED) is 0.683. The molecule has 3 fully saturated rings. The minimum absolute atomic E-state index is 0. The highest BCUT2D eigenvalue weighted by Gasteiger charge is 2.41. The molecule has 4 rings (SSSR count). The highest BCUT2D eigenvalue weighted by atomic mass is 35.5. The first kappa shape index (κ1) is 26.2. The van der Waals surface area contributed by atoms with Gasteiger partial charge in [-0.15, -0.1) is 24.8 Å². The fraction of sp³-hybridized carbons (Fsp3) is 0.652. The van der Waals surface area contributed by atoms with Crippen LogP contribution in [0, 0.1) is 0 Å². The van der Waals surface area contributed by atoms with Crippen LogP contribution in [0.2, 0.25) is 5.02 Å². The number of amides is 2. The Balaban J connectivity index is 0.00000171. The highest BCUT2D eigenvalue weighted by Crippen LogP contribution is 2.41. The molecule has 1 aromatic rings. The molecule has 0 bridgehead atoms. The van der Waals surface area contributed by atoms with Crippen LogP contribution in [0.15, 0.2) is 24.3 Å². The maximum atomic E-state index is 12.9. The number of piperidine rings is 2. The topological polar surface area (TPSA) is 66.6 Å². The molecule has 1 atom stereocenters. The van der Waals surface area contributed by atoms with Crippen LogP contribution < -0.4 is 5.73 Å². The fourth-order valence-corrected chi connectivity index (χ4v) is 5.78. The smallest absolute Gasteiger partial charge is 0.224 e. The van der Waals surface area contributed by atoms with E-state index in [1.165, 1.54) is 5.56 Å². The summed E-state index contributed by atoms with van der Waals surface area (Å²) in [5.74, 6) is 0.446. The number of carbonyl (C=O) groups is 2. The normalized spacial score (nSPS) is 29.2. The number of benzene rings is 1. The van der Waals surface area contributed by atoms with E-state index in [-0.39, 0.29) is 48.1 Å². The third-order valence-electron chi connectivity index (χ3n) is 7.42. The van der Waals surface area contributed by atoms with Crippen LogP contribution in [0.5, 0.6) is 0 Å². The molecule has 2 saturated heterocycles. The second-order valence-electron chi connectivity index (χ2n) is 9.00. The van der Waals surface area contributed by atoms with Gasteiger partial charge in [-0.3, -0.25) is 9.59 Å². The van der Waals surface area contributed by atoms with Crippen molar-refractivity contribution in [1.82, 2.24) is 9.80 Å². The zero-order valence-corrected chi connectivity index (χ0v) is 20.3. The minimum atomic E-state index is -0.0387. The van der Waals surface area contributed by atoms with E-state index in [2.05, 4.69) is 11.0 Å². The molecule has 2 heterocycles. The Kier molecular flexibility index (Phi) is 9.50. The summed E-state index contributed by atoms with van der Waals surface area (Å²) in [5.41, 5.74) is 7.41. The summed E-state index contributed by atoms with van der Waals surface area (Å²) in [6.07, 6.45) is 7.99. The summed E-state index contributed by atoms with van der Waals surface area (Å²) in [5, 5.41) is 0.752. The van der Waals surface area contributed by atoms with Crippen molar-refractivity contribution in [3.05, 3.63) is 34.9 Å². The number of nitrogens with two attached hydrogens (primary N) is 1. The Labute approximate surface area is 202 Å². The van der Waals surface area contributed by atoms with Crippen molar-refractivity contribution in [2.75, 3.05) is 19.6 Å². The van der Waals surface area contributed by atoms with Gasteiger partial charge >= 0.3 is 0 Å². The standard InChI is InChI=1S/C23H32ClN3O2.2ClH/c24-18-5-3-4-17(14-18)23(16-25)10-7-19(8-11-23)27-13-9-20(15-22(27)29)26-12-2-1-6-21(26)28;;/h3-5,14,19-20H,1-2,6-13,15-16,25H2;2*1H. The first-order valence-corrected chi connectivity index (χ1v) is 11.5. The lowest BCUT2D eigenvalue weighted by Crippen LogP contribution is -2.55. The van der Waals surface area contributed by atoms with Gasteiger partial charge in [-0.05, 0) is 62.6 Å². The maximum Gasteiger partial charge on any atom is 0.224 e. The van der Waals surface area contributed by atoms with Crippen molar-refractivity contribution in [3.8, 4) is 0 Å². The highest BCUT2D eigenvalue weighted by molar-refractivity contribution is 6.30. The van der Waals surface area contributed by atoms with Gasteiger partial charge in [-0.25, -0.2) is 0 Å². The molecule has 1 aromatic carbocycles. The van der Waals surface area contributed by atoms with Gasteiger partial charge in [-0.1, -0.05) is 23.7 Å². The van der Waals surface area contributed by atoms with Crippen LogP contribution in [0.4, 0.5) is 0 Å². The van der Waals surface area contributed by atoms with E-state index in [9.17, 15) is 9.59 Å². The molecular weight excluding hydrogens is 457 g/mol. The summed E-state index contributed by atoms with van der Waals surface area (Å²) >= 11 is 6.22. The lowest BCUT2D eigenvalue weighted by Gasteiger charge is -2.46. The van der Waals surface area contributed by atoms with Gasteiger partial charge in [0.2, 0.25) is 11.8 Å². The van der Waals surface area contributed by atoms with Crippen molar-refractivity contribution in [2.24, 2.45) is 5.73 Å². The van der Waals surface area contributed by atoms with Crippen LogP contribution in [-0.2, 0) is 15.0 Å². The third kappa shape index (κ3) is 5.50. The van der Waals surface area contributed by atoms with E-state index in [0.29, 0.717) is 25.4 Å². The summed E-state index contributed by atoms with van der Waals surface area (Å²) in [6, 6.07) is 8.46. The second-order valence-corrected chi connectivity index (χ2v) is 9.44. The molecule has 0 aromatic heterocycles. The molecule has 8 heteroatoms. The molecule has 1 saturated carbocycles. The number of hydrogen-bond acceptors (Lipinski definition) is 3. The first-order valence-electron chi connectivity index (χ1n) is 11.1. The Hall–Kier alpha value is -1.01. The van der Waals surface area contributed by atoms with Crippen molar-refractivity contribution in [1.29, 1.82) is 0 Å². The lowest BCUT2D eigenvalue weighted by molar-refractivity contribution is -0.144. The third-order valence-corrected chi connectivity index (χ3v) is 7.65. The van der Waals surface area contributed by atoms with Crippen molar-refractivity contribution >= 4 is 48.2 Å². The largest absolute Gasteiger partial charge is 0.340 e. The van der Waals surface area contributed by atoms with Crippen LogP contribution in [-0.4, -0.2) is 53.3 Å². The number of rotatable bonds is 4. The summed E-state index contributed by atoms with van der Waals surface area (Å²) < 4.78 is 0. The zero-order chi connectivity index (χ0) is 20.4. The van der Waals surface area contributed by atoms with E-state index in [0.717, 1.165) is 63.1 Å². The predicted molar refractivity (Wildman–Crippen MR) is 129 cm³/mol. The minimum Gasteiger partial charge on any atom is -0.340 e. The molecular formula is C23H34Cl3N3O2. The van der Waals surface area contributed by atoms with Gasteiger partial charge in [0.15, 0.2) is 0 Å². The molecule has 0 spiro atoms. The summed E-state index contributed by atoms with van der Waals surface area (Å²) in [6.45, 7) is 2.19. The molecule has 2 N–H and O–H groups in total. The van der Waals surface area contributed by atoms with E-state index in [4.69, 9.17) is 17.3 Å². The average Bonchev–Trinajstić information content (AvgIpc) is 2.74. The Morgan fingerprint density at radius 1 is 0.968 bits per heavy atom. The van der Waals surface area contributed by atoms with Crippen LogP contribution in [0.3, 0.4) is 0 Å².